The van der Waals surface area contributed by atoms with Crippen molar-refractivity contribution in [3.05, 3.63) is 65.7 Å². The molecule has 196 valence electrons. The van der Waals surface area contributed by atoms with Gasteiger partial charge in [0.1, 0.15) is 5.75 Å². The van der Waals surface area contributed by atoms with E-state index in [1.54, 1.807) is 36.4 Å². The number of Topliss-reactive ketones (excluding diaryl/α,β-unsaturated/α-hetero) is 1. The molecule has 0 spiro atoms. The lowest BCUT2D eigenvalue weighted by molar-refractivity contribution is -0.145. The fourth-order valence-electron chi connectivity index (χ4n) is 3.69. The summed E-state index contributed by atoms with van der Waals surface area (Å²) < 4.78 is 5.69. The van der Waals surface area contributed by atoms with Crippen molar-refractivity contribution >= 4 is 30.3 Å². The zero-order chi connectivity index (χ0) is 26.3. The number of ether oxygens (including phenoxy) is 1. The van der Waals surface area contributed by atoms with Gasteiger partial charge in [-0.1, -0.05) is 62.7 Å². The highest BCUT2D eigenvalue weighted by atomic mass is 32.1. The molecule has 2 aromatic rings. The average molecular weight is 515 g/mol. The molecule has 1 amide bonds. The lowest BCUT2D eigenvalue weighted by atomic mass is 9.97. The van der Waals surface area contributed by atoms with Crippen molar-refractivity contribution in [2.75, 3.05) is 18.8 Å². The predicted octanol–water partition coefficient (Wildman–Crippen LogP) is 4.43. The SMILES string of the molecule is CC(C)C(CS)C(=O)NCC(=O)CCCCCNCc1ccc(OC(C(=O)O)c2ccccc2)cc1. The topological polar surface area (TPSA) is 105 Å². The van der Waals surface area contributed by atoms with Gasteiger partial charge in [0, 0.05) is 30.2 Å². The van der Waals surface area contributed by atoms with E-state index in [0.29, 0.717) is 30.0 Å². The number of ketones is 1. The van der Waals surface area contributed by atoms with Gasteiger partial charge in [-0.05, 0) is 43.0 Å². The molecule has 36 heavy (non-hydrogen) atoms. The van der Waals surface area contributed by atoms with Crippen LogP contribution in [0, 0.1) is 11.8 Å². The second-order valence-corrected chi connectivity index (χ2v) is 9.53. The van der Waals surface area contributed by atoms with Crippen molar-refractivity contribution in [2.45, 2.75) is 52.2 Å². The molecule has 0 saturated heterocycles. The summed E-state index contributed by atoms with van der Waals surface area (Å²) in [5, 5.41) is 15.6. The van der Waals surface area contributed by atoms with Crippen LogP contribution >= 0.6 is 12.6 Å². The fraction of sp³-hybridized carbons (Fsp3) is 0.464. The molecular weight excluding hydrogens is 476 g/mol. The Morgan fingerprint density at radius 2 is 1.67 bits per heavy atom. The number of nitrogens with one attached hydrogen (secondary N) is 2. The second-order valence-electron chi connectivity index (χ2n) is 9.17. The van der Waals surface area contributed by atoms with Gasteiger partial charge in [0.15, 0.2) is 5.78 Å². The zero-order valence-electron chi connectivity index (χ0n) is 21.1. The maximum Gasteiger partial charge on any atom is 0.349 e. The van der Waals surface area contributed by atoms with Gasteiger partial charge in [0.05, 0.1) is 6.54 Å². The van der Waals surface area contributed by atoms with E-state index >= 15 is 0 Å². The molecule has 2 aromatic carbocycles. The van der Waals surface area contributed by atoms with Crippen molar-refractivity contribution in [3.8, 4) is 5.75 Å². The maximum absolute atomic E-state index is 12.1. The summed E-state index contributed by atoms with van der Waals surface area (Å²) in [6, 6.07) is 16.3. The van der Waals surface area contributed by atoms with Gasteiger partial charge in [-0.15, -0.1) is 0 Å². The minimum atomic E-state index is -1.05. The molecule has 0 saturated carbocycles. The molecule has 0 aliphatic carbocycles. The third-order valence-corrected chi connectivity index (χ3v) is 6.33. The number of hydrogen-bond donors (Lipinski definition) is 4. The van der Waals surface area contributed by atoms with Gasteiger partial charge in [0.25, 0.3) is 0 Å². The number of rotatable bonds is 17. The number of aliphatic carboxylic acids is 1. The molecule has 0 heterocycles. The first kappa shape index (κ1) is 29.4. The Morgan fingerprint density at radius 3 is 2.28 bits per heavy atom. The standard InChI is InChI=1S/C28H38N2O5S/c1-20(2)25(19-36)27(32)30-18-23(31)11-7-4-8-16-29-17-21-12-14-24(15-13-21)35-26(28(33)34)22-9-5-3-6-10-22/h3,5-6,9-10,12-15,20,25-26,29,36H,4,7-8,11,16-19H2,1-2H3,(H,30,32)(H,33,34). The predicted molar refractivity (Wildman–Crippen MR) is 144 cm³/mol. The number of carbonyl (C=O) groups excluding carboxylic acids is 2. The Hall–Kier alpha value is -2.84. The van der Waals surface area contributed by atoms with Crippen molar-refractivity contribution in [2.24, 2.45) is 11.8 Å². The highest BCUT2D eigenvalue weighted by Gasteiger charge is 2.22. The summed E-state index contributed by atoms with van der Waals surface area (Å²) in [5.74, 6) is -0.0880. The smallest absolute Gasteiger partial charge is 0.349 e. The molecule has 3 N–H and O–H groups in total. The van der Waals surface area contributed by atoms with Crippen LogP contribution in [-0.4, -0.2) is 41.6 Å². The van der Waals surface area contributed by atoms with Crippen LogP contribution in [0.3, 0.4) is 0 Å². The highest BCUT2D eigenvalue weighted by Crippen LogP contribution is 2.22. The number of benzene rings is 2. The summed E-state index contributed by atoms with van der Waals surface area (Å²) in [5.41, 5.74) is 1.66. The zero-order valence-corrected chi connectivity index (χ0v) is 22.0. The number of unbranched alkanes of at least 4 members (excludes halogenated alkanes) is 2. The van der Waals surface area contributed by atoms with E-state index < -0.39 is 12.1 Å². The van der Waals surface area contributed by atoms with E-state index in [1.165, 1.54) is 0 Å². The summed E-state index contributed by atoms with van der Waals surface area (Å²) in [4.78, 5) is 35.7. The Kier molecular flexibility index (Phi) is 13.1. The Balaban J connectivity index is 1.60. The lowest BCUT2D eigenvalue weighted by Crippen LogP contribution is -2.37. The number of carboxylic acid groups (broad SMARTS) is 1. The molecule has 0 aromatic heterocycles. The van der Waals surface area contributed by atoms with E-state index in [1.807, 2.05) is 32.0 Å². The molecule has 2 unspecified atom stereocenters. The Morgan fingerprint density at radius 1 is 0.972 bits per heavy atom. The Labute approximate surface area is 219 Å². The molecule has 0 fully saturated rings. The number of amides is 1. The van der Waals surface area contributed by atoms with Gasteiger partial charge < -0.3 is 20.5 Å². The van der Waals surface area contributed by atoms with Gasteiger partial charge in [-0.25, -0.2) is 4.79 Å². The van der Waals surface area contributed by atoms with Crippen LogP contribution in [0.2, 0.25) is 0 Å². The summed E-state index contributed by atoms with van der Waals surface area (Å²) in [7, 11) is 0. The molecule has 0 aliphatic rings. The number of thiol groups is 1. The first-order valence-electron chi connectivity index (χ1n) is 12.5. The van der Waals surface area contributed by atoms with Crippen LogP contribution in [0.4, 0.5) is 0 Å². The molecule has 8 heteroatoms. The molecule has 0 bridgehead atoms. The minimum Gasteiger partial charge on any atom is -0.478 e. The van der Waals surface area contributed by atoms with Crippen molar-refractivity contribution in [3.63, 3.8) is 0 Å². The van der Waals surface area contributed by atoms with Crippen LogP contribution in [0.5, 0.6) is 5.75 Å². The average Bonchev–Trinajstić information content (AvgIpc) is 2.86. The van der Waals surface area contributed by atoms with Gasteiger partial charge in [-0.2, -0.15) is 12.6 Å². The van der Waals surface area contributed by atoms with Crippen molar-refractivity contribution in [1.29, 1.82) is 0 Å². The van der Waals surface area contributed by atoms with E-state index in [9.17, 15) is 19.5 Å². The quantitative estimate of drug-likeness (QED) is 0.184. The van der Waals surface area contributed by atoms with Gasteiger partial charge in [-0.3, -0.25) is 9.59 Å². The van der Waals surface area contributed by atoms with Crippen molar-refractivity contribution in [1.82, 2.24) is 10.6 Å². The summed E-state index contributed by atoms with van der Waals surface area (Å²) >= 11 is 4.22. The van der Waals surface area contributed by atoms with E-state index in [2.05, 4.69) is 23.3 Å². The van der Waals surface area contributed by atoms with Crippen LogP contribution in [0.1, 0.15) is 56.8 Å². The van der Waals surface area contributed by atoms with Crippen LogP contribution in [-0.2, 0) is 20.9 Å². The molecule has 0 radical (unpaired) electrons. The monoisotopic (exact) mass is 514 g/mol. The summed E-state index contributed by atoms with van der Waals surface area (Å²) in [6.45, 7) is 5.56. The molecule has 7 nitrogen and oxygen atoms in total. The fourth-order valence-corrected chi connectivity index (χ4v) is 4.28. The first-order valence-corrected chi connectivity index (χ1v) is 13.1. The van der Waals surface area contributed by atoms with Gasteiger partial charge in [0.2, 0.25) is 12.0 Å². The van der Waals surface area contributed by atoms with Crippen molar-refractivity contribution < 1.29 is 24.2 Å². The van der Waals surface area contributed by atoms with Gasteiger partial charge >= 0.3 is 5.97 Å². The first-order chi connectivity index (χ1) is 17.3. The number of carbonyl (C=O) groups is 3. The lowest BCUT2D eigenvalue weighted by Gasteiger charge is -2.17. The normalized spacial score (nSPS) is 12.7. The molecule has 2 atom stereocenters. The second kappa shape index (κ2) is 16.0. The van der Waals surface area contributed by atoms with E-state index in [0.717, 1.165) is 31.4 Å². The maximum atomic E-state index is 12.1. The van der Waals surface area contributed by atoms with E-state index in [-0.39, 0.29) is 30.1 Å². The molecule has 2 rings (SSSR count). The minimum absolute atomic E-state index is 0.0534. The van der Waals surface area contributed by atoms with Crippen LogP contribution in [0.25, 0.3) is 0 Å². The Bertz CT molecular complexity index is 950. The number of carboxylic acids is 1. The highest BCUT2D eigenvalue weighted by molar-refractivity contribution is 7.80. The largest absolute Gasteiger partial charge is 0.478 e. The molecular formula is C28H38N2O5S. The van der Waals surface area contributed by atoms with Crippen LogP contribution in [0.15, 0.2) is 54.6 Å². The molecule has 0 aliphatic heterocycles. The summed E-state index contributed by atoms with van der Waals surface area (Å²) in [6.07, 6.45) is 2.10. The van der Waals surface area contributed by atoms with E-state index in [4.69, 9.17) is 4.74 Å². The third-order valence-electron chi connectivity index (χ3n) is 5.94. The number of hydrogen-bond acceptors (Lipinski definition) is 6. The van der Waals surface area contributed by atoms with Crippen LogP contribution < -0.4 is 15.4 Å². The third kappa shape index (κ3) is 10.4.